The molecule has 12 heteroatoms. The van der Waals surface area contributed by atoms with Crippen molar-refractivity contribution in [1.82, 2.24) is 28.7 Å². The molecule has 37 heavy (non-hydrogen) atoms. The molecule has 3 aromatic heterocycles. The standard InChI is InChI=1S/C25H18FN7O3S/c1-31-21-20(23(35)32(2)25(31)36)33(13-28-21)12-14-3-9-17(10-4-14)37-24-29-19(18(11-27)22(34)30-24)15-5-7-16(26)8-6-15/h3-10,13H,12H2,1-2H3,(H,29,30,34). The van der Waals surface area contributed by atoms with Crippen LogP contribution in [0.4, 0.5) is 4.39 Å². The van der Waals surface area contributed by atoms with Gasteiger partial charge in [0.05, 0.1) is 12.0 Å². The third-order valence-corrected chi connectivity index (χ3v) is 6.73. The summed E-state index contributed by atoms with van der Waals surface area (Å²) in [5.41, 5.74) is 0.556. The number of aromatic amines is 1. The number of benzene rings is 2. The molecular weight excluding hydrogens is 497 g/mol. The molecule has 0 spiro atoms. The SMILES string of the molecule is Cn1c(=O)c2c(ncn2Cc2ccc(Sc3nc(-c4ccc(F)cc4)c(C#N)c(=O)[nH]3)cc2)n(C)c1=O. The third kappa shape index (κ3) is 4.36. The number of nitrogens with one attached hydrogen (secondary N) is 1. The van der Waals surface area contributed by atoms with Crippen LogP contribution in [0.1, 0.15) is 11.1 Å². The molecule has 0 aliphatic carbocycles. The van der Waals surface area contributed by atoms with Crippen LogP contribution in [0, 0.1) is 17.1 Å². The summed E-state index contributed by atoms with van der Waals surface area (Å²) in [7, 11) is 2.99. The van der Waals surface area contributed by atoms with Crippen LogP contribution >= 0.6 is 11.8 Å². The molecule has 0 aliphatic heterocycles. The Morgan fingerprint density at radius 1 is 1.03 bits per heavy atom. The van der Waals surface area contributed by atoms with Crippen LogP contribution in [-0.2, 0) is 20.6 Å². The average Bonchev–Trinajstić information content (AvgIpc) is 3.31. The van der Waals surface area contributed by atoms with Crippen molar-refractivity contribution in [2.45, 2.75) is 16.6 Å². The first-order chi connectivity index (χ1) is 17.8. The number of aryl methyl sites for hydroxylation is 1. The number of rotatable bonds is 5. The van der Waals surface area contributed by atoms with E-state index in [9.17, 15) is 24.0 Å². The highest BCUT2D eigenvalue weighted by atomic mass is 32.2. The number of hydrogen-bond donors (Lipinski definition) is 1. The fourth-order valence-electron chi connectivity index (χ4n) is 3.91. The fraction of sp³-hybridized carbons (Fsp3) is 0.120. The lowest BCUT2D eigenvalue weighted by molar-refractivity contribution is 0.628. The molecule has 0 amide bonds. The second kappa shape index (κ2) is 9.36. The number of halogens is 1. The molecule has 0 aliphatic rings. The van der Waals surface area contributed by atoms with Gasteiger partial charge in [-0.2, -0.15) is 5.26 Å². The van der Waals surface area contributed by atoms with Crippen LogP contribution in [0.2, 0.25) is 0 Å². The number of aromatic nitrogens is 6. The summed E-state index contributed by atoms with van der Waals surface area (Å²) in [6.07, 6.45) is 1.52. The predicted molar refractivity (Wildman–Crippen MR) is 135 cm³/mol. The molecule has 0 saturated carbocycles. The van der Waals surface area contributed by atoms with Crippen LogP contribution in [0.3, 0.4) is 0 Å². The Hall–Kier alpha value is -4.76. The monoisotopic (exact) mass is 515 g/mol. The number of nitrogens with zero attached hydrogens (tertiary/aromatic N) is 6. The van der Waals surface area contributed by atoms with Crippen molar-refractivity contribution in [3.63, 3.8) is 0 Å². The van der Waals surface area contributed by atoms with Crippen LogP contribution in [-0.4, -0.2) is 28.7 Å². The van der Waals surface area contributed by atoms with Crippen LogP contribution in [0.15, 0.2) is 79.3 Å². The van der Waals surface area contributed by atoms with Gasteiger partial charge in [-0.25, -0.2) is 19.2 Å². The van der Waals surface area contributed by atoms with Gasteiger partial charge in [0.2, 0.25) is 0 Å². The van der Waals surface area contributed by atoms with E-state index in [2.05, 4.69) is 15.0 Å². The van der Waals surface area contributed by atoms with E-state index in [1.54, 1.807) is 11.6 Å². The van der Waals surface area contributed by atoms with Gasteiger partial charge in [0.25, 0.3) is 11.1 Å². The van der Waals surface area contributed by atoms with Crippen molar-refractivity contribution in [3.8, 4) is 17.3 Å². The van der Waals surface area contributed by atoms with E-state index in [-0.39, 0.29) is 16.4 Å². The van der Waals surface area contributed by atoms with Gasteiger partial charge in [-0.1, -0.05) is 23.9 Å². The lowest BCUT2D eigenvalue weighted by Gasteiger charge is -2.09. The number of hydrogen-bond acceptors (Lipinski definition) is 7. The molecule has 0 atom stereocenters. The normalized spacial score (nSPS) is 11.1. The summed E-state index contributed by atoms with van der Waals surface area (Å²) < 4.78 is 17.4. The Morgan fingerprint density at radius 2 is 1.73 bits per heavy atom. The van der Waals surface area contributed by atoms with Crippen molar-refractivity contribution in [3.05, 3.63) is 103 Å². The molecule has 2 aromatic carbocycles. The minimum atomic E-state index is -0.584. The molecule has 3 heterocycles. The summed E-state index contributed by atoms with van der Waals surface area (Å²) >= 11 is 1.20. The van der Waals surface area contributed by atoms with Crippen LogP contribution in [0.5, 0.6) is 0 Å². The third-order valence-electron chi connectivity index (χ3n) is 5.84. The van der Waals surface area contributed by atoms with Crippen LogP contribution < -0.4 is 16.8 Å². The Morgan fingerprint density at radius 3 is 2.41 bits per heavy atom. The smallest absolute Gasteiger partial charge is 0.320 e. The molecule has 5 aromatic rings. The van der Waals surface area contributed by atoms with Crippen molar-refractivity contribution >= 4 is 22.9 Å². The first-order valence-electron chi connectivity index (χ1n) is 10.9. The molecule has 0 fully saturated rings. The van der Waals surface area contributed by atoms with Crippen LogP contribution in [0.25, 0.3) is 22.4 Å². The van der Waals surface area contributed by atoms with E-state index >= 15 is 0 Å². The van der Waals surface area contributed by atoms with Crippen molar-refractivity contribution in [2.75, 3.05) is 0 Å². The highest BCUT2D eigenvalue weighted by Gasteiger charge is 2.16. The molecule has 184 valence electrons. The minimum Gasteiger partial charge on any atom is -0.320 e. The van der Waals surface area contributed by atoms with Gasteiger partial charge in [-0.15, -0.1) is 0 Å². The molecule has 0 unspecified atom stereocenters. The molecular formula is C25H18FN7O3S. The average molecular weight is 516 g/mol. The van der Waals surface area contributed by atoms with Gasteiger partial charge < -0.3 is 9.55 Å². The number of fused-ring (bicyclic) bond motifs is 1. The second-order valence-corrected chi connectivity index (χ2v) is 9.27. The first-order valence-corrected chi connectivity index (χ1v) is 11.8. The minimum absolute atomic E-state index is 0.150. The molecule has 0 radical (unpaired) electrons. The predicted octanol–water partition coefficient (Wildman–Crippen LogP) is 2.39. The molecule has 5 rings (SSSR count). The Balaban J connectivity index is 1.42. The maximum atomic E-state index is 13.3. The number of imidazole rings is 1. The molecule has 1 N–H and O–H groups in total. The summed E-state index contributed by atoms with van der Waals surface area (Å²) in [4.78, 5) is 49.4. The zero-order valence-electron chi connectivity index (χ0n) is 19.6. The summed E-state index contributed by atoms with van der Waals surface area (Å²) in [5, 5.41) is 9.70. The quantitative estimate of drug-likeness (QED) is 0.356. The fourth-order valence-corrected chi connectivity index (χ4v) is 4.69. The van der Waals surface area contributed by atoms with Gasteiger partial charge in [0.1, 0.15) is 17.4 Å². The summed E-state index contributed by atoms with van der Waals surface area (Å²) in [5.74, 6) is -0.435. The largest absolute Gasteiger partial charge is 0.332 e. The highest BCUT2D eigenvalue weighted by Crippen LogP contribution is 2.27. The van der Waals surface area contributed by atoms with E-state index in [1.165, 1.54) is 54.0 Å². The lowest BCUT2D eigenvalue weighted by atomic mass is 10.1. The van der Waals surface area contributed by atoms with Crippen molar-refractivity contribution < 1.29 is 4.39 Å². The number of H-pyrrole nitrogens is 1. The Labute approximate surface area is 212 Å². The Kier molecular flexibility index (Phi) is 6.06. The summed E-state index contributed by atoms with van der Waals surface area (Å²) in [6, 6.07) is 14.7. The van der Waals surface area contributed by atoms with Gasteiger partial charge in [0.15, 0.2) is 16.3 Å². The van der Waals surface area contributed by atoms with Gasteiger partial charge in [-0.3, -0.25) is 18.7 Å². The first kappa shape index (κ1) is 24.0. The summed E-state index contributed by atoms with van der Waals surface area (Å²) in [6.45, 7) is 0.357. The van der Waals surface area contributed by atoms with Gasteiger partial charge in [-0.05, 0) is 42.0 Å². The topological polar surface area (TPSA) is 131 Å². The molecule has 0 saturated heterocycles. The van der Waals surface area contributed by atoms with E-state index in [0.29, 0.717) is 23.3 Å². The zero-order valence-corrected chi connectivity index (χ0v) is 20.4. The highest BCUT2D eigenvalue weighted by molar-refractivity contribution is 7.99. The molecule has 10 nitrogen and oxygen atoms in total. The second-order valence-electron chi connectivity index (χ2n) is 8.21. The zero-order chi connectivity index (χ0) is 26.3. The van der Waals surface area contributed by atoms with Crippen molar-refractivity contribution in [2.24, 2.45) is 14.1 Å². The maximum absolute atomic E-state index is 13.3. The van der Waals surface area contributed by atoms with E-state index in [1.807, 2.05) is 30.3 Å². The van der Waals surface area contributed by atoms with Crippen molar-refractivity contribution in [1.29, 1.82) is 5.26 Å². The van der Waals surface area contributed by atoms with Gasteiger partial charge in [0, 0.05) is 31.1 Å². The lowest BCUT2D eigenvalue weighted by Crippen LogP contribution is -2.37. The van der Waals surface area contributed by atoms with E-state index < -0.39 is 22.6 Å². The number of nitriles is 1. The van der Waals surface area contributed by atoms with E-state index in [0.717, 1.165) is 15.0 Å². The Bertz CT molecular complexity index is 1880. The van der Waals surface area contributed by atoms with E-state index in [4.69, 9.17) is 0 Å². The molecule has 0 bridgehead atoms. The van der Waals surface area contributed by atoms with Gasteiger partial charge >= 0.3 is 5.69 Å². The maximum Gasteiger partial charge on any atom is 0.332 e.